The van der Waals surface area contributed by atoms with Gasteiger partial charge in [-0.3, -0.25) is 0 Å². The van der Waals surface area contributed by atoms with Crippen LogP contribution in [0.2, 0.25) is 0 Å². The summed E-state index contributed by atoms with van der Waals surface area (Å²) >= 11 is 1.83. The summed E-state index contributed by atoms with van der Waals surface area (Å²) in [4.78, 5) is 17.7. The molecule has 5 nitrogen and oxygen atoms in total. The number of thiophene rings is 1. The Bertz CT molecular complexity index is 3540. The van der Waals surface area contributed by atoms with E-state index < -0.39 is 0 Å². The number of fused-ring (bicyclic) bond motifs is 9. The van der Waals surface area contributed by atoms with Crippen molar-refractivity contribution >= 4 is 92.1 Å². The molecule has 6 heteroatoms. The van der Waals surface area contributed by atoms with Crippen LogP contribution in [-0.2, 0) is 6.42 Å². The minimum absolute atomic E-state index is 0.449. The van der Waals surface area contributed by atoms with Gasteiger partial charge in [0.2, 0.25) is 0 Å². The quantitative estimate of drug-likeness (QED) is 0.161. The highest BCUT2D eigenvalue weighted by atomic mass is 32.1. The number of anilines is 3. The van der Waals surface area contributed by atoms with E-state index in [1.807, 2.05) is 47.7 Å². The van der Waals surface area contributed by atoms with Gasteiger partial charge in [-0.2, -0.15) is 0 Å². The first-order valence-electron chi connectivity index (χ1n) is 20.1. The molecule has 0 atom stereocenters. The second-order valence-corrected chi connectivity index (χ2v) is 16.3. The average Bonchev–Trinajstić information content (AvgIpc) is 3.88. The number of hydrogen-bond donors (Lipinski definition) is 0. The van der Waals surface area contributed by atoms with E-state index in [0.29, 0.717) is 23.9 Å². The molecule has 3 aromatic heterocycles. The topological polar surface area (TPSA) is 55.1 Å². The summed E-state index contributed by atoms with van der Waals surface area (Å²) in [5, 5.41) is 9.33. The second kappa shape index (κ2) is 14.0. The Balaban J connectivity index is 1.13. The molecule has 0 bridgehead atoms. The molecule has 0 N–H and O–H groups in total. The van der Waals surface area contributed by atoms with Crippen molar-refractivity contribution in [3.8, 4) is 22.8 Å². The van der Waals surface area contributed by atoms with E-state index in [4.69, 9.17) is 19.4 Å². The summed E-state index contributed by atoms with van der Waals surface area (Å²) in [7, 11) is 0. The lowest BCUT2D eigenvalue weighted by atomic mass is 9.98. The fourth-order valence-electron chi connectivity index (χ4n) is 8.72. The molecule has 0 radical (unpaired) electrons. The average molecular weight is 787 g/mol. The van der Waals surface area contributed by atoms with Gasteiger partial charge in [0.15, 0.2) is 11.6 Å². The van der Waals surface area contributed by atoms with Gasteiger partial charge in [0.05, 0.1) is 5.69 Å². The highest BCUT2D eigenvalue weighted by molar-refractivity contribution is 7.25. The zero-order chi connectivity index (χ0) is 39.6. The molecule has 3 heterocycles. The molecule has 60 heavy (non-hydrogen) atoms. The Labute approximate surface area is 349 Å². The normalized spacial score (nSPS) is 11.7. The summed E-state index contributed by atoms with van der Waals surface area (Å²) < 4.78 is 9.44. The van der Waals surface area contributed by atoms with Crippen LogP contribution >= 0.6 is 11.3 Å². The molecule has 0 aliphatic carbocycles. The minimum Gasteiger partial charge on any atom is -0.456 e. The van der Waals surface area contributed by atoms with Gasteiger partial charge in [0.25, 0.3) is 0 Å². The molecule has 0 unspecified atom stereocenters. The van der Waals surface area contributed by atoms with E-state index >= 15 is 0 Å². The van der Waals surface area contributed by atoms with Crippen LogP contribution in [-0.4, -0.2) is 15.0 Å². The van der Waals surface area contributed by atoms with Crippen molar-refractivity contribution in [2.45, 2.75) is 6.42 Å². The van der Waals surface area contributed by atoms with E-state index in [1.54, 1.807) is 0 Å². The van der Waals surface area contributed by atoms with Crippen LogP contribution in [0.4, 0.5) is 17.1 Å². The minimum atomic E-state index is 0.449. The molecule has 12 rings (SSSR count). The summed E-state index contributed by atoms with van der Waals surface area (Å²) in [5.74, 6) is 1.96. The van der Waals surface area contributed by atoms with Crippen LogP contribution in [0.3, 0.4) is 0 Å². The third-order valence-electron chi connectivity index (χ3n) is 11.5. The lowest BCUT2D eigenvalue weighted by molar-refractivity contribution is 0.669. The molecular formula is C54H34N4OS. The maximum atomic E-state index is 6.90. The largest absolute Gasteiger partial charge is 0.456 e. The predicted molar refractivity (Wildman–Crippen MR) is 250 cm³/mol. The van der Waals surface area contributed by atoms with Crippen LogP contribution in [0.5, 0.6) is 0 Å². The molecule has 0 saturated heterocycles. The number of aromatic nitrogens is 3. The highest BCUT2D eigenvalue weighted by Crippen LogP contribution is 2.45. The molecule has 0 amide bonds. The monoisotopic (exact) mass is 786 g/mol. The zero-order valence-electron chi connectivity index (χ0n) is 32.3. The van der Waals surface area contributed by atoms with Gasteiger partial charge in [-0.15, -0.1) is 11.3 Å². The predicted octanol–water partition coefficient (Wildman–Crippen LogP) is 14.8. The standard InChI is InChI=1S/C54H34N4OS/c1-3-15-36(16-4-1)53-55-50(56-54(57-53)37-17-5-2-6-18-37)31-39-30-42(33-47-51(39)52-43-20-10-9-14-35(43)24-27-46(52)59-47)58(40-25-23-34-13-7-8-19-38(34)29-40)41-26-28-49-45(32-41)44-21-11-12-22-48(44)60-49/h1-30,32-33H,31H2. The number of furan rings is 1. The Morgan fingerprint density at radius 3 is 1.82 bits per heavy atom. The van der Waals surface area contributed by atoms with Crippen LogP contribution in [0.15, 0.2) is 199 Å². The summed E-state index contributed by atoms with van der Waals surface area (Å²) in [6, 6.07) is 68.4. The van der Waals surface area contributed by atoms with Crippen molar-refractivity contribution in [3.05, 3.63) is 206 Å². The molecule has 0 fully saturated rings. The third kappa shape index (κ3) is 5.88. The van der Waals surface area contributed by atoms with Crippen LogP contribution in [0, 0.1) is 0 Å². The first-order chi connectivity index (χ1) is 29.7. The molecule has 0 aliphatic heterocycles. The molecule has 0 saturated carbocycles. The van der Waals surface area contributed by atoms with Gasteiger partial charge in [0, 0.05) is 65.9 Å². The lowest BCUT2D eigenvalue weighted by Gasteiger charge is -2.27. The maximum absolute atomic E-state index is 6.90. The Hall–Kier alpha value is -7.67. The Kier molecular flexibility index (Phi) is 8.03. The molecular weight excluding hydrogens is 753 g/mol. The van der Waals surface area contributed by atoms with E-state index in [-0.39, 0.29) is 0 Å². The van der Waals surface area contributed by atoms with Gasteiger partial charge in [-0.05, 0) is 75.6 Å². The summed E-state index contributed by atoms with van der Waals surface area (Å²) in [6.07, 6.45) is 0.449. The lowest BCUT2D eigenvalue weighted by Crippen LogP contribution is -2.11. The van der Waals surface area contributed by atoms with E-state index in [1.165, 1.54) is 30.9 Å². The first kappa shape index (κ1) is 34.4. The molecule has 12 aromatic rings. The van der Waals surface area contributed by atoms with Crippen LogP contribution in [0.25, 0.3) is 86.4 Å². The maximum Gasteiger partial charge on any atom is 0.163 e. The third-order valence-corrected chi connectivity index (χ3v) is 12.6. The van der Waals surface area contributed by atoms with E-state index in [0.717, 1.165) is 66.5 Å². The fraction of sp³-hybridized carbons (Fsp3) is 0.0185. The number of benzene rings is 9. The van der Waals surface area contributed by atoms with Crippen molar-refractivity contribution in [1.82, 2.24) is 15.0 Å². The molecule has 0 aliphatic rings. The van der Waals surface area contributed by atoms with Crippen LogP contribution < -0.4 is 4.90 Å². The first-order valence-corrected chi connectivity index (χ1v) is 20.9. The number of nitrogens with zero attached hydrogens (tertiary/aromatic N) is 4. The summed E-state index contributed by atoms with van der Waals surface area (Å²) in [6.45, 7) is 0. The van der Waals surface area contributed by atoms with E-state index in [2.05, 4.69) is 163 Å². The van der Waals surface area contributed by atoms with Crippen LogP contribution in [0.1, 0.15) is 11.4 Å². The molecule has 9 aromatic carbocycles. The van der Waals surface area contributed by atoms with Gasteiger partial charge in [0.1, 0.15) is 17.0 Å². The summed E-state index contributed by atoms with van der Waals surface area (Å²) in [5.41, 5.74) is 7.69. The smallest absolute Gasteiger partial charge is 0.163 e. The Morgan fingerprint density at radius 1 is 0.417 bits per heavy atom. The Morgan fingerprint density at radius 2 is 1.03 bits per heavy atom. The van der Waals surface area contributed by atoms with Gasteiger partial charge in [-0.1, -0.05) is 140 Å². The van der Waals surface area contributed by atoms with Crippen molar-refractivity contribution < 1.29 is 4.42 Å². The van der Waals surface area contributed by atoms with Crippen molar-refractivity contribution in [3.63, 3.8) is 0 Å². The number of hydrogen-bond acceptors (Lipinski definition) is 6. The van der Waals surface area contributed by atoms with Gasteiger partial charge >= 0.3 is 0 Å². The molecule has 0 spiro atoms. The fourth-order valence-corrected chi connectivity index (χ4v) is 9.81. The van der Waals surface area contributed by atoms with E-state index in [9.17, 15) is 0 Å². The van der Waals surface area contributed by atoms with Crippen molar-refractivity contribution in [1.29, 1.82) is 0 Å². The van der Waals surface area contributed by atoms with Crippen molar-refractivity contribution in [2.24, 2.45) is 0 Å². The van der Waals surface area contributed by atoms with Crippen molar-refractivity contribution in [2.75, 3.05) is 4.90 Å². The number of rotatable bonds is 7. The van der Waals surface area contributed by atoms with Gasteiger partial charge in [-0.25, -0.2) is 15.0 Å². The SMILES string of the molecule is c1ccc(-c2nc(Cc3cc(N(c4ccc5ccccc5c4)c4ccc5sc6ccccc6c5c4)cc4oc5ccc6ccccc6c5c34)nc(-c3ccccc3)n2)cc1. The molecule has 282 valence electrons. The van der Waals surface area contributed by atoms with Gasteiger partial charge < -0.3 is 9.32 Å². The zero-order valence-corrected chi connectivity index (χ0v) is 33.1. The second-order valence-electron chi connectivity index (χ2n) is 15.2. The highest BCUT2D eigenvalue weighted by Gasteiger charge is 2.22.